The van der Waals surface area contributed by atoms with E-state index in [1.165, 1.54) is 32.8 Å². The smallest absolute Gasteiger partial charge is 0.295 e. The zero-order chi connectivity index (χ0) is 13.2. The van der Waals surface area contributed by atoms with Crippen LogP contribution in [0.4, 0.5) is 5.82 Å². The van der Waals surface area contributed by atoms with Crippen LogP contribution in [0, 0.1) is 0 Å². The Balaban J connectivity index is 1.72. The van der Waals surface area contributed by atoms with Gasteiger partial charge in [-0.1, -0.05) is 0 Å². The first-order chi connectivity index (χ1) is 9.28. The average molecular weight is 264 g/mol. The average Bonchev–Trinajstić information content (AvgIpc) is 2.86. The second-order valence-electron chi connectivity index (χ2n) is 5.31. The minimum atomic E-state index is -0.238. The van der Waals surface area contributed by atoms with E-state index >= 15 is 0 Å². The van der Waals surface area contributed by atoms with E-state index in [0.29, 0.717) is 17.9 Å². The SMILES string of the molecule is COc1c(NC2CCN3CCCC3C2)nc[nH]c1=O. The Kier molecular flexibility index (Phi) is 3.42. The number of aromatic amines is 1. The molecule has 104 valence electrons. The first-order valence-electron chi connectivity index (χ1n) is 6.90. The van der Waals surface area contributed by atoms with Gasteiger partial charge in [0.05, 0.1) is 13.4 Å². The number of ether oxygens (including phenoxy) is 1. The van der Waals surface area contributed by atoms with Crippen LogP contribution in [0.25, 0.3) is 0 Å². The van der Waals surface area contributed by atoms with Gasteiger partial charge < -0.3 is 19.9 Å². The molecule has 2 aliphatic heterocycles. The van der Waals surface area contributed by atoms with Gasteiger partial charge in [0.2, 0.25) is 5.75 Å². The third-order valence-corrected chi connectivity index (χ3v) is 4.18. The van der Waals surface area contributed by atoms with Crippen molar-refractivity contribution in [1.29, 1.82) is 0 Å². The highest BCUT2D eigenvalue weighted by atomic mass is 16.5. The van der Waals surface area contributed by atoms with E-state index in [4.69, 9.17) is 4.74 Å². The van der Waals surface area contributed by atoms with Crippen molar-refractivity contribution in [2.45, 2.75) is 37.8 Å². The van der Waals surface area contributed by atoms with Crippen LogP contribution < -0.4 is 15.6 Å². The number of H-pyrrole nitrogens is 1. The molecule has 2 aliphatic rings. The van der Waals surface area contributed by atoms with E-state index in [1.54, 1.807) is 0 Å². The standard InChI is InChI=1S/C13H20N4O2/c1-19-11-12(14-8-15-13(11)18)16-9-4-6-17-5-2-3-10(17)7-9/h8-10H,2-7H2,1H3,(H2,14,15,16,18). The molecule has 2 N–H and O–H groups in total. The molecule has 0 amide bonds. The Bertz CT molecular complexity index is 502. The van der Waals surface area contributed by atoms with Gasteiger partial charge in [0.15, 0.2) is 5.82 Å². The first kappa shape index (κ1) is 12.5. The van der Waals surface area contributed by atoms with E-state index in [9.17, 15) is 4.79 Å². The van der Waals surface area contributed by atoms with Crippen LogP contribution in [-0.2, 0) is 0 Å². The van der Waals surface area contributed by atoms with Gasteiger partial charge in [-0.2, -0.15) is 0 Å². The molecule has 6 nitrogen and oxygen atoms in total. The molecule has 0 radical (unpaired) electrons. The molecule has 2 saturated heterocycles. The minimum absolute atomic E-state index is 0.238. The fraction of sp³-hybridized carbons (Fsp3) is 0.692. The molecule has 6 heteroatoms. The summed E-state index contributed by atoms with van der Waals surface area (Å²) >= 11 is 0. The third-order valence-electron chi connectivity index (χ3n) is 4.18. The zero-order valence-corrected chi connectivity index (χ0v) is 11.2. The van der Waals surface area contributed by atoms with Crippen LogP contribution in [0.2, 0.25) is 0 Å². The van der Waals surface area contributed by atoms with Gasteiger partial charge in [-0.25, -0.2) is 4.98 Å². The van der Waals surface area contributed by atoms with Crippen LogP contribution in [0.3, 0.4) is 0 Å². The van der Waals surface area contributed by atoms with Gasteiger partial charge in [0, 0.05) is 18.6 Å². The second kappa shape index (κ2) is 5.21. The maximum atomic E-state index is 11.6. The van der Waals surface area contributed by atoms with Crippen LogP contribution >= 0.6 is 0 Å². The second-order valence-corrected chi connectivity index (χ2v) is 5.31. The maximum Gasteiger partial charge on any atom is 0.295 e. The van der Waals surface area contributed by atoms with Crippen molar-refractivity contribution in [2.24, 2.45) is 0 Å². The van der Waals surface area contributed by atoms with Gasteiger partial charge in [-0.3, -0.25) is 4.79 Å². The van der Waals surface area contributed by atoms with E-state index in [1.807, 2.05) is 0 Å². The highest BCUT2D eigenvalue weighted by molar-refractivity contribution is 5.48. The number of anilines is 1. The van der Waals surface area contributed by atoms with Gasteiger partial charge in [0.1, 0.15) is 0 Å². The number of fused-ring (bicyclic) bond motifs is 1. The fourth-order valence-electron chi connectivity index (χ4n) is 3.23. The van der Waals surface area contributed by atoms with Gasteiger partial charge in [-0.05, 0) is 32.2 Å². The summed E-state index contributed by atoms with van der Waals surface area (Å²) in [4.78, 5) is 20.9. The Morgan fingerprint density at radius 2 is 2.37 bits per heavy atom. The number of rotatable bonds is 3. The monoisotopic (exact) mass is 264 g/mol. The molecule has 2 unspecified atom stereocenters. The van der Waals surface area contributed by atoms with Crippen molar-refractivity contribution in [3.05, 3.63) is 16.7 Å². The topological polar surface area (TPSA) is 70.2 Å². The summed E-state index contributed by atoms with van der Waals surface area (Å²) in [6.45, 7) is 2.37. The Morgan fingerprint density at radius 3 is 3.21 bits per heavy atom. The summed E-state index contributed by atoms with van der Waals surface area (Å²) in [6.07, 6.45) is 6.23. The van der Waals surface area contributed by atoms with Crippen LogP contribution in [0.5, 0.6) is 5.75 Å². The summed E-state index contributed by atoms with van der Waals surface area (Å²) < 4.78 is 5.13. The van der Waals surface area contributed by atoms with Crippen molar-refractivity contribution < 1.29 is 4.74 Å². The van der Waals surface area contributed by atoms with Crippen LogP contribution in [0.15, 0.2) is 11.1 Å². The predicted molar refractivity (Wildman–Crippen MR) is 72.6 cm³/mol. The molecule has 0 spiro atoms. The highest BCUT2D eigenvalue weighted by Crippen LogP contribution is 2.29. The molecule has 1 aromatic heterocycles. The first-order valence-corrected chi connectivity index (χ1v) is 6.90. The molecule has 0 aliphatic carbocycles. The number of methoxy groups -OCH3 is 1. The normalized spacial score (nSPS) is 27.0. The lowest BCUT2D eigenvalue weighted by atomic mass is 9.97. The summed E-state index contributed by atoms with van der Waals surface area (Å²) in [7, 11) is 1.50. The number of nitrogens with zero attached hydrogens (tertiary/aromatic N) is 2. The van der Waals surface area contributed by atoms with E-state index in [0.717, 1.165) is 19.4 Å². The van der Waals surface area contributed by atoms with E-state index in [-0.39, 0.29) is 11.3 Å². The maximum absolute atomic E-state index is 11.6. The van der Waals surface area contributed by atoms with Crippen molar-refractivity contribution in [3.63, 3.8) is 0 Å². The highest BCUT2D eigenvalue weighted by Gasteiger charge is 2.32. The van der Waals surface area contributed by atoms with E-state index in [2.05, 4.69) is 20.2 Å². The number of nitrogens with one attached hydrogen (secondary N) is 2. The van der Waals surface area contributed by atoms with Gasteiger partial charge >= 0.3 is 0 Å². The largest absolute Gasteiger partial charge is 0.489 e. The zero-order valence-electron chi connectivity index (χ0n) is 11.2. The molecule has 3 rings (SSSR count). The molecular weight excluding hydrogens is 244 g/mol. The molecule has 0 bridgehead atoms. The van der Waals surface area contributed by atoms with Crippen LogP contribution in [0.1, 0.15) is 25.7 Å². The lowest BCUT2D eigenvalue weighted by Gasteiger charge is -2.35. The molecular formula is C13H20N4O2. The summed E-state index contributed by atoms with van der Waals surface area (Å²) in [6, 6.07) is 1.07. The summed E-state index contributed by atoms with van der Waals surface area (Å²) in [5.41, 5.74) is -0.238. The molecule has 3 heterocycles. The van der Waals surface area contributed by atoms with Crippen LogP contribution in [-0.4, -0.2) is 47.2 Å². The number of hydrogen-bond donors (Lipinski definition) is 2. The number of hydrogen-bond acceptors (Lipinski definition) is 5. The molecule has 2 atom stereocenters. The lowest BCUT2D eigenvalue weighted by molar-refractivity contribution is 0.188. The van der Waals surface area contributed by atoms with E-state index < -0.39 is 0 Å². The van der Waals surface area contributed by atoms with Gasteiger partial charge in [0.25, 0.3) is 5.56 Å². The van der Waals surface area contributed by atoms with Gasteiger partial charge in [-0.15, -0.1) is 0 Å². The van der Waals surface area contributed by atoms with Crippen molar-refractivity contribution in [2.75, 3.05) is 25.5 Å². The number of piperidine rings is 1. The fourth-order valence-corrected chi connectivity index (χ4v) is 3.23. The van der Waals surface area contributed by atoms with Crippen molar-refractivity contribution in [3.8, 4) is 5.75 Å². The third kappa shape index (κ3) is 2.45. The molecule has 2 fully saturated rings. The minimum Gasteiger partial charge on any atom is -0.489 e. The molecule has 0 saturated carbocycles. The quantitative estimate of drug-likeness (QED) is 0.845. The Labute approximate surface area is 112 Å². The predicted octanol–water partition coefficient (Wildman–Crippen LogP) is 0.817. The Hall–Kier alpha value is -1.56. The Morgan fingerprint density at radius 1 is 1.47 bits per heavy atom. The van der Waals surface area contributed by atoms with Crippen molar-refractivity contribution >= 4 is 5.82 Å². The molecule has 0 aromatic carbocycles. The molecule has 19 heavy (non-hydrogen) atoms. The summed E-state index contributed by atoms with van der Waals surface area (Å²) in [5, 5.41) is 3.37. The van der Waals surface area contributed by atoms with Crippen molar-refractivity contribution in [1.82, 2.24) is 14.9 Å². The lowest BCUT2D eigenvalue weighted by Crippen LogP contribution is -2.43. The summed E-state index contributed by atoms with van der Waals surface area (Å²) in [5.74, 6) is 0.832. The molecule has 1 aromatic rings. The number of aromatic nitrogens is 2.